The van der Waals surface area contributed by atoms with E-state index in [0.29, 0.717) is 11.7 Å². The highest BCUT2D eigenvalue weighted by Crippen LogP contribution is 2.38. The summed E-state index contributed by atoms with van der Waals surface area (Å²) < 4.78 is 15.9. The third-order valence-electron chi connectivity index (χ3n) is 5.02. The molecule has 0 amide bonds. The van der Waals surface area contributed by atoms with Gasteiger partial charge in [-0.25, -0.2) is 4.98 Å². The summed E-state index contributed by atoms with van der Waals surface area (Å²) in [5.41, 5.74) is 0. The molecule has 4 rings (SSSR count). The number of nitrogens with zero attached hydrogens (tertiary/aromatic N) is 5. The standard InChI is InChI=1S/C16H23N5O2S/c1-10-17-15(23-19-10)13-4-3-9-22-14(13)12-5-7-21(8-6-12)16-18-11(2)20-24-16/h12-14H,3-9H2,1-2H3/t13-,14+/m1/s1. The fraction of sp³-hybridized carbons (Fsp3) is 0.750. The van der Waals surface area contributed by atoms with E-state index in [0.717, 1.165) is 62.2 Å². The van der Waals surface area contributed by atoms with Crippen LogP contribution in [0.5, 0.6) is 0 Å². The van der Waals surface area contributed by atoms with Gasteiger partial charge in [-0.1, -0.05) is 5.16 Å². The molecule has 4 heterocycles. The van der Waals surface area contributed by atoms with Crippen molar-refractivity contribution in [3.8, 4) is 0 Å². The number of rotatable bonds is 3. The number of piperidine rings is 1. The van der Waals surface area contributed by atoms with E-state index in [-0.39, 0.29) is 12.0 Å². The monoisotopic (exact) mass is 349 g/mol. The second-order valence-corrected chi connectivity index (χ2v) is 7.44. The van der Waals surface area contributed by atoms with Crippen LogP contribution >= 0.6 is 11.5 Å². The summed E-state index contributed by atoms with van der Waals surface area (Å²) in [5, 5.41) is 5.00. The van der Waals surface area contributed by atoms with Gasteiger partial charge < -0.3 is 14.2 Å². The maximum atomic E-state index is 6.17. The number of anilines is 1. The Balaban J connectivity index is 1.43. The Labute approximate surface area is 145 Å². The van der Waals surface area contributed by atoms with Crippen LogP contribution in [0.15, 0.2) is 4.52 Å². The lowest BCUT2D eigenvalue weighted by Gasteiger charge is -2.40. The molecule has 7 nitrogen and oxygen atoms in total. The van der Waals surface area contributed by atoms with Gasteiger partial charge in [0.1, 0.15) is 5.82 Å². The van der Waals surface area contributed by atoms with Gasteiger partial charge in [-0.15, -0.1) is 0 Å². The molecule has 0 bridgehead atoms. The molecule has 2 saturated heterocycles. The van der Waals surface area contributed by atoms with Crippen molar-refractivity contribution in [3.63, 3.8) is 0 Å². The quantitative estimate of drug-likeness (QED) is 0.843. The molecule has 2 aliphatic heterocycles. The van der Waals surface area contributed by atoms with Crippen LogP contribution < -0.4 is 4.90 Å². The molecule has 2 fully saturated rings. The summed E-state index contributed by atoms with van der Waals surface area (Å²) in [5.74, 6) is 3.09. The van der Waals surface area contributed by atoms with Gasteiger partial charge >= 0.3 is 0 Å². The van der Waals surface area contributed by atoms with Gasteiger partial charge in [0.05, 0.1) is 12.0 Å². The summed E-state index contributed by atoms with van der Waals surface area (Å²) in [4.78, 5) is 11.3. The zero-order chi connectivity index (χ0) is 16.5. The largest absolute Gasteiger partial charge is 0.377 e. The first kappa shape index (κ1) is 16.0. The molecule has 0 aromatic carbocycles. The van der Waals surface area contributed by atoms with E-state index in [9.17, 15) is 0 Å². The van der Waals surface area contributed by atoms with Crippen molar-refractivity contribution in [1.82, 2.24) is 19.5 Å². The first-order chi connectivity index (χ1) is 11.7. The maximum absolute atomic E-state index is 6.17. The third kappa shape index (κ3) is 3.17. The molecular formula is C16H23N5O2S. The molecule has 0 spiro atoms. The van der Waals surface area contributed by atoms with Crippen LogP contribution in [0.3, 0.4) is 0 Å². The van der Waals surface area contributed by atoms with E-state index in [1.165, 1.54) is 11.5 Å². The molecule has 2 aromatic rings. The van der Waals surface area contributed by atoms with Gasteiger partial charge in [-0.05, 0) is 45.4 Å². The smallest absolute Gasteiger partial charge is 0.232 e. The highest BCUT2D eigenvalue weighted by Gasteiger charge is 2.38. The van der Waals surface area contributed by atoms with E-state index in [1.807, 2.05) is 13.8 Å². The number of ether oxygens (including phenoxy) is 1. The van der Waals surface area contributed by atoms with E-state index in [2.05, 4.69) is 24.4 Å². The predicted octanol–water partition coefficient (Wildman–Crippen LogP) is 2.72. The Hall–Kier alpha value is -1.54. The third-order valence-corrected chi connectivity index (χ3v) is 5.89. The van der Waals surface area contributed by atoms with Crippen molar-refractivity contribution < 1.29 is 9.26 Å². The van der Waals surface area contributed by atoms with Crippen molar-refractivity contribution in [2.24, 2.45) is 5.92 Å². The lowest BCUT2D eigenvalue weighted by atomic mass is 9.81. The van der Waals surface area contributed by atoms with Crippen LogP contribution in [0, 0.1) is 19.8 Å². The summed E-state index contributed by atoms with van der Waals surface area (Å²) >= 11 is 1.49. The zero-order valence-corrected chi connectivity index (χ0v) is 15.0. The Morgan fingerprint density at radius 2 is 1.92 bits per heavy atom. The van der Waals surface area contributed by atoms with Gasteiger partial charge in [0.25, 0.3) is 0 Å². The number of hydrogen-bond acceptors (Lipinski definition) is 8. The summed E-state index contributed by atoms with van der Waals surface area (Å²) in [7, 11) is 0. The summed E-state index contributed by atoms with van der Waals surface area (Å²) in [6, 6.07) is 0. The van der Waals surface area contributed by atoms with Gasteiger partial charge in [-0.2, -0.15) is 9.36 Å². The molecule has 2 atom stereocenters. The van der Waals surface area contributed by atoms with E-state index in [1.54, 1.807) is 0 Å². The van der Waals surface area contributed by atoms with Crippen molar-refractivity contribution in [2.45, 2.75) is 51.6 Å². The molecule has 24 heavy (non-hydrogen) atoms. The average Bonchev–Trinajstić information content (AvgIpc) is 3.24. The number of hydrogen-bond donors (Lipinski definition) is 0. The molecule has 0 saturated carbocycles. The van der Waals surface area contributed by atoms with Crippen molar-refractivity contribution in [2.75, 3.05) is 24.6 Å². The number of aryl methyl sites for hydroxylation is 2. The molecule has 0 aliphatic carbocycles. The van der Waals surface area contributed by atoms with Crippen LogP contribution in [0.2, 0.25) is 0 Å². The van der Waals surface area contributed by atoms with Gasteiger partial charge in [0.2, 0.25) is 11.0 Å². The zero-order valence-electron chi connectivity index (χ0n) is 14.1. The van der Waals surface area contributed by atoms with Crippen molar-refractivity contribution in [1.29, 1.82) is 0 Å². The molecule has 0 N–H and O–H groups in total. The normalized spacial score (nSPS) is 26.0. The predicted molar refractivity (Wildman–Crippen MR) is 90.3 cm³/mol. The van der Waals surface area contributed by atoms with Crippen LogP contribution in [-0.4, -0.2) is 45.3 Å². The van der Waals surface area contributed by atoms with Crippen molar-refractivity contribution in [3.05, 3.63) is 17.5 Å². The molecule has 130 valence electrons. The van der Waals surface area contributed by atoms with Crippen LogP contribution in [0.25, 0.3) is 0 Å². The fourth-order valence-corrected chi connectivity index (χ4v) is 4.55. The molecule has 2 aliphatic rings. The minimum absolute atomic E-state index is 0.192. The van der Waals surface area contributed by atoms with Crippen LogP contribution in [0.1, 0.15) is 49.1 Å². The van der Waals surface area contributed by atoms with Crippen LogP contribution in [0.4, 0.5) is 5.13 Å². The maximum Gasteiger partial charge on any atom is 0.232 e. The lowest BCUT2D eigenvalue weighted by molar-refractivity contribution is -0.0489. The fourth-order valence-electron chi connectivity index (χ4n) is 3.83. The van der Waals surface area contributed by atoms with E-state index in [4.69, 9.17) is 9.26 Å². The van der Waals surface area contributed by atoms with Crippen molar-refractivity contribution >= 4 is 16.7 Å². The Morgan fingerprint density at radius 3 is 2.58 bits per heavy atom. The lowest BCUT2D eigenvalue weighted by Crippen LogP contribution is -2.42. The summed E-state index contributed by atoms with van der Waals surface area (Å²) in [6.07, 6.45) is 4.53. The summed E-state index contributed by atoms with van der Waals surface area (Å²) in [6.45, 7) is 6.67. The molecule has 0 radical (unpaired) electrons. The van der Waals surface area contributed by atoms with E-state index >= 15 is 0 Å². The SMILES string of the molecule is Cc1noc([C@@H]2CCCO[C@H]2C2CCN(c3nc(C)ns3)CC2)n1. The highest BCUT2D eigenvalue weighted by molar-refractivity contribution is 7.09. The van der Waals surface area contributed by atoms with Gasteiger partial charge in [0, 0.05) is 31.2 Å². The van der Waals surface area contributed by atoms with Crippen LogP contribution in [-0.2, 0) is 4.74 Å². The molecular weight excluding hydrogens is 326 g/mol. The average molecular weight is 349 g/mol. The Morgan fingerprint density at radius 1 is 1.08 bits per heavy atom. The minimum Gasteiger partial charge on any atom is -0.377 e. The first-order valence-corrected chi connectivity index (χ1v) is 9.45. The van der Waals surface area contributed by atoms with E-state index < -0.39 is 0 Å². The van der Waals surface area contributed by atoms with Gasteiger partial charge in [0.15, 0.2) is 5.82 Å². The highest BCUT2D eigenvalue weighted by atomic mass is 32.1. The number of aromatic nitrogens is 4. The molecule has 0 unspecified atom stereocenters. The Kier molecular flexibility index (Phi) is 4.49. The second-order valence-electron chi connectivity index (χ2n) is 6.71. The minimum atomic E-state index is 0.192. The second kappa shape index (κ2) is 6.76. The topological polar surface area (TPSA) is 77.2 Å². The van der Waals surface area contributed by atoms with Gasteiger partial charge in [-0.3, -0.25) is 0 Å². The molecule has 2 aromatic heterocycles. The Bertz CT molecular complexity index is 680. The first-order valence-electron chi connectivity index (χ1n) is 8.68. The molecule has 8 heteroatoms.